The number of aromatic amines is 1. The van der Waals surface area contributed by atoms with Gasteiger partial charge < -0.3 is 19.8 Å². The number of likely N-dealkylation sites (tertiary alicyclic amines) is 1. The van der Waals surface area contributed by atoms with Crippen LogP contribution in [0.2, 0.25) is 0 Å². The zero-order valence-electron chi connectivity index (χ0n) is 17.9. The van der Waals surface area contributed by atoms with Gasteiger partial charge in [-0.15, -0.1) is 5.10 Å². The third-order valence-corrected chi connectivity index (χ3v) is 6.18. The summed E-state index contributed by atoms with van der Waals surface area (Å²) in [5.74, 6) is -2.48. The van der Waals surface area contributed by atoms with E-state index in [-0.39, 0.29) is 43.8 Å². The molecular weight excluding hydrogens is 442 g/mol. The molecule has 4 N–H and O–H groups in total. The van der Waals surface area contributed by atoms with Crippen LogP contribution in [-0.4, -0.2) is 73.6 Å². The fourth-order valence-corrected chi connectivity index (χ4v) is 4.43. The van der Waals surface area contributed by atoms with Gasteiger partial charge in [-0.25, -0.2) is 9.59 Å². The van der Waals surface area contributed by atoms with Crippen LogP contribution >= 0.6 is 0 Å². The van der Waals surface area contributed by atoms with Crippen molar-refractivity contribution in [3.63, 3.8) is 0 Å². The second-order valence-corrected chi connectivity index (χ2v) is 8.27. The average molecular weight is 463 g/mol. The van der Waals surface area contributed by atoms with Crippen molar-refractivity contribution >= 4 is 23.9 Å². The molecule has 2 amide bonds. The minimum atomic E-state index is -1.99. The number of nitrogens with zero attached hydrogens (tertiary/aromatic N) is 3. The number of carboxylic acid groups (broad SMARTS) is 1. The van der Waals surface area contributed by atoms with Gasteiger partial charge in [0.1, 0.15) is 6.61 Å². The van der Waals surface area contributed by atoms with Gasteiger partial charge in [-0.3, -0.25) is 15.2 Å². The molecular formula is C23H21N5O6. The highest BCUT2D eigenvalue weighted by Gasteiger charge is 2.45. The van der Waals surface area contributed by atoms with E-state index in [1.165, 1.54) is 0 Å². The number of hydrogen-bond donors (Lipinski definition) is 4. The number of aliphatic carboxylic acids is 1. The van der Waals surface area contributed by atoms with Gasteiger partial charge in [-0.1, -0.05) is 48.5 Å². The summed E-state index contributed by atoms with van der Waals surface area (Å²) in [6.07, 6.45) is -0.867. The van der Waals surface area contributed by atoms with Gasteiger partial charge in [0.2, 0.25) is 5.82 Å². The topological polar surface area (TPSA) is 158 Å². The number of H-pyrrole nitrogens is 1. The number of fused-ring (bicyclic) bond motifs is 3. The maximum atomic E-state index is 12.5. The summed E-state index contributed by atoms with van der Waals surface area (Å²) >= 11 is 0. The molecule has 11 nitrogen and oxygen atoms in total. The molecule has 2 aromatic carbocycles. The Morgan fingerprint density at radius 1 is 1.12 bits per heavy atom. The molecule has 1 aromatic heterocycles. The Kier molecular flexibility index (Phi) is 5.25. The molecule has 34 heavy (non-hydrogen) atoms. The second kappa shape index (κ2) is 8.27. The maximum Gasteiger partial charge on any atom is 0.414 e. The fraction of sp³-hybridized carbons (Fsp3) is 0.261. The number of ether oxygens (including phenoxy) is 1. The number of nitrogens with one attached hydrogen (secondary N) is 2. The van der Waals surface area contributed by atoms with Gasteiger partial charge in [0.05, 0.1) is 6.54 Å². The van der Waals surface area contributed by atoms with Crippen molar-refractivity contribution in [2.24, 2.45) is 0 Å². The molecule has 5 rings (SSSR count). The van der Waals surface area contributed by atoms with E-state index in [4.69, 9.17) is 9.84 Å². The Hall–Kier alpha value is -4.25. The summed E-state index contributed by atoms with van der Waals surface area (Å²) in [5.41, 5.74) is 2.39. The summed E-state index contributed by atoms with van der Waals surface area (Å²) in [4.78, 5) is 41.2. The predicted molar refractivity (Wildman–Crippen MR) is 118 cm³/mol. The lowest BCUT2D eigenvalue weighted by Crippen LogP contribution is -2.42. The zero-order chi connectivity index (χ0) is 23.9. The second-order valence-electron chi connectivity index (χ2n) is 8.27. The maximum absolute atomic E-state index is 12.5. The number of aliphatic hydroxyl groups is 1. The van der Waals surface area contributed by atoms with E-state index in [0.29, 0.717) is 0 Å². The smallest absolute Gasteiger partial charge is 0.414 e. The summed E-state index contributed by atoms with van der Waals surface area (Å²) < 4.78 is 5.43. The lowest BCUT2D eigenvalue weighted by atomic mass is 9.98. The molecule has 11 heteroatoms. The number of rotatable bonds is 5. The van der Waals surface area contributed by atoms with E-state index in [0.717, 1.165) is 27.2 Å². The minimum Gasteiger partial charge on any atom is -0.479 e. The van der Waals surface area contributed by atoms with Crippen molar-refractivity contribution in [3.05, 3.63) is 65.5 Å². The van der Waals surface area contributed by atoms with Crippen molar-refractivity contribution < 1.29 is 29.3 Å². The molecule has 1 atom stereocenters. The van der Waals surface area contributed by atoms with Crippen LogP contribution in [0.1, 0.15) is 34.1 Å². The van der Waals surface area contributed by atoms with Crippen molar-refractivity contribution in [2.45, 2.75) is 17.9 Å². The quantitative estimate of drug-likeness (QED) is 0.446. The van der Waals surface area contributed by atoms with E-state index < -0.39 is 23.6 Å². The van der Waals surface area contributed by atoms with Crippen LogP contribution in [0.15, 0.2) is 48.5 Å². The van der Waals surface area contributed by atoms with Crippen LogP contribution in [0.25, 0.3) is 11.1 Å². The van der Waals surface area contributed by atoms with Gasteiger partial charge in [-0.2, -0.15) is 4.98 Å². The van der Waals surface area contributed by atoms with Crippen molar-refractivity contribution in [1.29, 1.82) is 0 Å². The van der Waals surface area contributed by atoms with Crippen molar-refractivity contribution in [1.82, 2.24) is 20.1 Å². The molecule has 1 unspecified atom stereocenters. The Labute approximate surface area is 193 Å². The first-order chi connectivity index (χ1) is 16.4. The highest BCUT2D eigenvalue weighted by molar-refractivity contribution is 5.92. The van der Waals surface area contributed by atoms with Crippen molar-refractivity contribution in [3.8, 4) is 11.1 Å². The van der Waals surface area contributed by atoms with Crippen LogP contribution in [0, 0.1) is 0 Å². The van der Waals surface area contributed by atoms with E-state index in [9.17, 15) is 19.5 Å². The van der Waals surface area contributed by atoms with Gasteiger partial charge in [0.15, 0.2) is 5.60 Å². The molecule has 1 aliphatic heterocycles. The monoisotopic (exact) mass is 463 g/mol. The third-order valence-electron chi connectivity index (χ3n) is 6.18. The SMILES string of the molecule is O=C(Nc1n[nH]c(C(=O)N2CCC(O)(C(=O)O)C2)n1)OCC1c2ccccc2-c2ccccc21. The summed E-state index contributed by atoms with van der Waals surface area (Å²) in [6, 6.07) is 15.9. The number of amides is 2. The summed E-state index contributed by atoms with van der Waals surface area (Å²) in [6.45, 7) is -0.202. The predicted octanol–water partition coefficient (Wildman–Crippen LogP) is 1.83. The van der Waals surface area contributed by atoms with Crippen LogP contribution in [0.4, 0.5) is 10.7 Å². The molecule has 0 bridgehead atoms. The standard InChI is InChI=1S/C23H21N5O6/c29-19(28-10-9-23(33,12-28)20(30)31)18-24-21(27-26-18)25-22(32)34-11-17-15-7-3-1-5-13(15)14-6-2-4-8-16(14)17/h1-8,17,33H,9-12H2,(H,30,31)(H2,24,25,26,27,32). The number of carboxylic acids is 1. The number of benzene rings is 2. The Bertz CT molecular complexity index is 1240. The zero-order valence-corrected chi connectivity index (χ0v) is 17.9. The molecule has 0 saturated carbocycles. The van der Waals surface area contributed by atoms with Crippen molar-refractivity contribution in [2.75, 3.05) is 25.0 Å². The molecule has 2 aliphatic rings. The fourth-order valence-electron chi connectivity index (χ4n) is 4.43. The van der Waals surface area contributed by atoms with Crippen LogP contribution in [-0.2, 0) is 9.53 Å². The number of hydrogen-bond acceptors (Lipinski definition) is 7. The molecule has 0 radical (unpaired) electrons. The average Bonchev–Trinajstić information content (AvgIpc) is 3.54. The molecule has 1 fully saturated rings. The highest BCUT2D eigenvalue weighted by atomic mass is 16.5. The molecule has 1 saturated heterocycles. The third kappa shape index (κ3) is 3.75. The Morgan fingerprint density at radius 3 is 2.38 bits per heavy atom. The number of carbonyl (C=O) groups is 3. The minimum absolute atomic E-state index is 0.0530. The van der Waals surface area contributed by atoms with E-state index in [1.807, 2.05) is 48.5 Å². The van der Waals surface area contributed by atoms with E-state index >= 15 is 0 Å². The van der Waals surface area contributed by atoms with Gasteiger partial charge >= 0.3 is 12.1 Å². The first-order valence-corrected chi connectivity index (χ1v) is 10.7. The van der Waals surface area contributed by atoms with Gasteiger partial charge in [-0.05, 0) is 22.3 Å². The lowest BCUT2D eigenvalue weighted by Gasteiger charge is -2.18. The Morgan fingerprint density at radius 2 is 1.76 bits per heavy atom. The first kappa shape index (κ1) is 21.6. The number of β-amino-alcohol motifs (C(OH)–C–C–N with tert-alkyl or cyclic N) is 1. The van der Waals surface area contributed by atoms with Gasteiger partial charge in [0, 0.05) is 18.9 Å². The Balaban J connectivity index is 1.21. The molecule has 1 aliphatic carbocycles. The summed E-state index contributed by atoms with van der Waals surface area (Å²) in [5, 5.41) is 27.7. The molecule has 3 aromatic rings. The largest absolute Gasteiger partial charge is 0.479 e. The molecule has 174 valence electrons. The van der Waals surface area contributed by atoms with Gasteiger partial charge in [0.25, 0.3) is 11.9 Å². The normalized spacial score (nSPS) is 18.9. The highest BCUT2D eigenvalue weighted by Crippen LogP contribution is 2.44. The van der Waals surface area contributed by atoms with Crippen LogP contribution in [0.3, 0.4) is 0 Å². The number of anilines is 1. The van der Waals surface area contributed by atoms with Crippen LogP contribution in [0.5, 0.6) is 0 Å². The van der Waals surface area contributed by atoms with Crippen LogP contribution < -0.4 is 5.32 Å². The summed E-state index contributed by atoms with van der Waals surface area (Å²) in [7, 11) is 0. The molecule has 2 heterocycles. The number of carbonyl (C=O) groups excluding carboxylic acids is 2. The first-order valence-electron chi connectivity index (χ1n) is 10.7. The van der Waals surface area contributed by atoms with E-state index in [1.54, 1.807) is 0 Å². The molecule has 0 spiro atoms. The van der Waals surface area contributed by atoms with E-state index in [2.05, 4.69) is 20.5 Å². The lowest BCUT2D eigenvalue weighted by molar-refractivity contribution is -0.156. The number of aromatic nitrogens is 3.